The number of carbonyl (C=O) groups excluding carboxylic acids is 1. The number of halogens is 1. The highest BCUT2D eigenvalue weighted by molar-refractivity contribution is 6.33. The number of anilines is 1. The normalized spacial score (nSPS) is 10.4. The summed E-state index contributed by atoms with van der Waals surface area (Å²) in [7, 11) is 0. The van der Waals surface area contributed by atoms with E-state index in [1.165, 1.54) is 0 Å². The Kier molecular flexibility index (Phi) is 4.82. The molecule has 5 nitrogen and oxygen atoms in total. The van der Waals surface area contributed by atoms with E-state index in [1.807, 2.05) is 37.3 Å². The van der Waals surface area contributed by atoms with E-state index >= 15 is 0 Å². The fourth-order valence-electron chi connectivity index (χ4n) is 2.29. The zero-order chi connectivity index (χ0) is 16.9. The molecule has 1 amide bonds. The SMILES string of the molecule is CCOc1ccccc1NC(=O)c1cc(-c2ccccc2Cl)n[nH]1. The van der Waals surface area contributed by atoms with Gasteiger partial charge in [0.15, 0.2) is 0 Å². The zero-order valence-electron chi connectivity index (χ0n) is 13.0. The van der Waals surface area contributed by atoms with Crippen molar-refractivity contribution >= 4 is 23.2 Å². The van der Waals surface area contributed by atoms with Gasteiger partial charge in [-0.2, -0.15) is 5.10 Å². The first-order chi connectivity index (χ1) is 11.7. The van der Waals surface area contributed by atoms with Gasteiger partial charge in [-0.05, 0) is 31.2 Å². The third kappa shape index (κ3) is 3.41. The van der Waals surface area contributed by atoms with Crippen LogP contribution in [0.15, 0.2) is 54.6 Å². The van der Waals surface area contributed by atoms with E-state index in [-0.39, 0.29) is 5.91 Å². The number of nitrogens with one attached hydrogen (secondary N) is 2. The van der Waals surface area contributed by atoms with Crippen molar-refractivity contribution in [1.82, 2.24) is 10.2 Å². The average Bonchev–Trinajstić information content (AvgIpc) is 3.07. The summed E-state index contributed by atoms with van der Waals surface area (Å²) in [5.41, 5.74) is 2.34. The van der Waals surface area contributed by atoms with Crippen molar-refractivity contribution < 1.29 is 9.53 Å². The third-order valence-electron chi connectivity index (χ3n) is 3.41. The summed E-state index contributed by atoms with van der Waals surface area (Å²) in [5, 5.41) is 10.3. The van der Waals surface area contributed by atoms with Crippen LogP contribution >= 0.6 is 11.6 Å². The largest absolute Gasteiger partial charge is 0.492 e. The van der Waals surface area contributed by atoms with E-state index in [0.717, 1.165) is 5.56 Å². The molecule has 6 heteroatoms. The molecule has 0 atom stereocenters. The van der Waals surface area contributed by atoms with Crippen LogP contribution in [-0.2, 0) is 0 Å². The van der Waals surface area contributed by atoms with E-state index < -0.39 is 0 Å². The molecular formula is C18H16ClN3O2. The van der Waals surface area contributed by atoms with Gasteiger partial charge in [0, 0.05) is 5.56 Å². The van der Waals surface area contributed by atoms with Gasteiger partial charge in [-0.25, -0.2) is 0 Å². The number of ether oxygens (including phenoxy) is 1. The smallest absolute Gasteiger partial charge is 0.273 e. The fourth-order valence-corrected chi connectivity index (χ4v) is 2.52. The molecule has 1 aromatic heterocycles. The van der Waals surface area contributed by atoms with Gasteiger partial charge in [0.2, 0.25) is 0 Å². The minimum Gasteiger partial charge on any atom is -0.492 e. The van der Waals surface area contributed by atoms with Crippen LogP contribution in [0.4, 0.5) is 5.69 Å². The standard InChI is InChI=1S/C18H16ClN3O2/c1-2-24-17-10-6-5-9-14(17)20-18(23)16-11-15(21-22-16)12-7-3-4-8-13(12)19/h3-11H,2H2,1H3,(H,20,23)(H,21,22). The Bertz CT molecular complexity index is 861. The Labute approximate surface area is 144 Å². The van der Waals surface area contributed by atoms with Crippen molar-refractivity contribution in [2.45, 2.75) is 6.92 Å². The Balaban J connectivity index is 1.81. The van der Waals surface area contributed by atoms with Crippen molar-refractivity contribution in [3.8, 4) is 17.0 Å². The first-order valence-electron chi connectivity index (χ1n) is 7.52. The number of para-hydroxylation sites is 2. The number of H-pyrrole nitrogens is 1. The fraction of sp³-hybridized carbons (Fsp3) is 0.111. The van der Waals surface area contributed by atoms with Gasteiger partial charge in [-0.15, -0.1) is 0 Å². The minimum absolute atomic E-state index is 0.298. The maximum Gasteiger partial charge on any atom is 0.273 e. The maximum atomic E-state index is 12.4. The van der Waals surface area contributed by atoms with Crippen LogP contribution in [0.3, 0.4) is 0 Å². The lowest BCUT2D eigenvalue weighted by Gasteiger charge is -2.10. The van der Waals surface area contributed by atoms with Crippen LogP contribution in [0.1, 0.15) is 17.4 Å². The first kappa shape index (κ1) is 16.1. The number of hydrogen-bond donors (Lipinski definition) is 2. The highest BCUT2D eigenvalue weighted by atomic mass is 35.5. The molecule has 2 aromatic carbocycles. The predicted octanol–water partition coefficient (Wildman–Crippen LogP) is 4.38. The number of carbonyl (C=O) groups is 1. The number of nitrogens with zero attached hydrogens (tertiary/aromatic N) is 1. The van der Waals surface area contributed by atoms with Crippen LogP contribution in [0.5, 0.6) is 5.75 Å². The van der Waals surface area contributed by atoms with Crippen molar-refractivity contribution in [2.24, 2.45) is 0 Å². The van der Waals surface area contributed by atoms with E-state index in [4.69, 9.17) is 16.3 Å². The second-order valence-corrected chi connectivity index (χ2v) is 5.44. The molecule has 3 aromatic rings. The molecule has 0 saturated heterocycles. The molecule has 24 heavy (non-hydrogen) atoms. The number of rotatable bonds is 5. The predicted molar refractivity (Wildman–Crippen MR) is 94.6 cm³/mol. The number of aromatic amines is 1. The van der Waals surface area contributed by atoms with E-state index in [0.29, 0.717) is 34.5 Å². The molecule has 3 rings (SSSR count). The molecule has 0 aliphatic carbocycles. The third-order valence-corrected chi connectivity index (χ3v) is 3.74. The molecule has 0 radical (unpaired) electrons. The summed E-state index contributed by atoms with van der Waals surface area (Å²) in [6.45, 7) is 2.41. The van der Waals surface area contributed by atoms with Crippen LogP contribution in [0.2, 0.25) is 5.02 Å². The van der Waals surface area contributed by atoms with Crippen molar-refractivity contribution in [1.29, 1.82) is 0 Å². The Morgan fingerprint density at radius 3 is 2.75 bits per heavy atom. The molecule has 0 aliphatic heterocycles. The molecule has 2 N–H and O–H groups in total. The van der Waals surface area contributed by atoms with Crippen molar-refractivity contribution in [3.63, 3.8) is 0 Å². The van der Waals surface area contributed by atoms with Gasteiger partial charge in [0.25, 0.3) is 5.91 Å². The highest BCUT2D eigenvalue weighted by Crippen LogP contribution is 2.27. The quantitative estimate of drug-likeness (QED) is 0.723. The van der Waals surface area contributed by atoms with Gasteiger partial charge in [0.1, 0.15) is 11.4 Å². The summed E-state index contributed by atoms with van der Waals surface area (Å²) in [6.07, 6.45) is 0. The molecule has 0 fully saturated rings. The van der Waals surface area contributed by atoms with Gasteiger partial charge < -0.3 is 10.1 Å². The lowest BCUT2D eigenvalue weighted by atomic mass is 10.1. The van der Waals surface area contributed by atoms with Gasteiger partial charge >= 0.3 is 0 Å². The van der Waals surface area contributed by atoms with Gasteiger partial charge in [-0.1, -0.05) is 41.9 Å². The lowest BCUT2D eigenvalue weighted by molar-refractivity contribution is 0.102. The molecule has 0 bridgehead atoms. The van der Waals surface area contributed by atoms with Crippen LogP contribution in [-0.4, -0.2) is 22.7 Å². The minimum atomic E-state index is -0.298. The van der Waals surface area contributed by atoms with Crippen LogP contribution in [0, 0.1) is 0 Å². The maximum absolute atomic E-state index is 12.4. The van der Waals surface area contributed by atoms with E-state index in [2.05, 4.69) is 15.5 Å². The van der Waals surface area contributed by atoms with E-state index in [9.17, 15) is 4.79 Å². The number of benzene rings is 2. The van der Waals surface area contributed by atoms with Gasteiger partial charge in [-0.3, -0.25) is 9.89 Å². The molecule has 0 unspecified atom stereocenters. The number of hydrogen-bond acceptors (Lipinski definition) is 3. The van der Waals surface area contributed by atoms with Gasteiger partial charge in [0.05, 0.1) is 23.0 Å². The summed E-state index contributed by atoms with van der Waals surface area (Å²) in [5.74, 6) is 0.326. The Morgan fingerprint density at radius 2 is 1.96 bits per heavy atom. The van der Waals surface area contributed by atoms with Crippen LogP contribution < -0.4 is 10.1 Å². The Morgan fingerprint density at radius 1 is 1.21 bits per heavy atom. The zero-order valence-corrected chi connectivity index (χ0v) is 13.8. The Hall–Kier alpha value is -2.79. The molecule has 1 heterocycles. The molecule has 0 saturated carbocycles. The first-order valence-corrected chi connectivity index (χ1v) is 7.90. The summed E-state index contributed by atoms with van der Waals surface area (Å²) < 4.78 is 5.51. The molecule has 0 aliphatic rings. The number of amides is 1. The summed E-state index contributed by atoms with van der Waals surface area (Å²) in [6, 6.07) is 16.3. The topological polar surface area (TPSA) is 67.0 Å². The molecular weight excluding hydrogens is 326 g/mol. The average molecular weight is 342 g/mol. The van der Waals surface area contributed by atoms with Crippen molar-refractivity contribution in [3.05, 3.63) is 65.3 Å². The molecule has 122 valence electrons. The summed E-state index contributed by atoms with van der Waals surface area (Å²) in [4.78, 5) is 12.4. The summed E-state index contributed by atoms with van der Waals surface area (Å²) >= 11 is 6.16. The van der Waals surface area contributed by atoms with Crippen molar-refractivity contribution in [2.75, 3.05) is 11.9 Å². The monoisotopic (exact) mass is 341 g/mol. The molecule has 0 spiro atoms. The second-order valence-electron chi connectivity index (χ2n) is 5.03. The lowest BCUT2D eigenvalue weighted by Crippen LogP contribution is -2.13. The number of aromatic nitrogens is 2. The van der Waals surface area contributed by atoms with Crippen LogP contribution in [0.25, 0.3) is 11.3 Å². The second kappa shape index (κ2) is 7.19. The highest BCUT2D eigenvalue weighted by Gasteiger charge is 2.14. The van der Waals surface area contributed by atoms with E-state index in [1.54, 1.807) is 24.3 Å².